The zero-order chi connectivity index (χ0) is 17.2. The lowest BCUT2D eigenvalue weighted by atomic mass is 10.1. The number of nitrogens with zero attached hydrogens (tertiary/aromatic N) is 3. The standard InChI is InChI=1S/C18H18N4O2S/c23-17(13-7-8-25-11-13)10-22-9-16(20-21-22)18(24)19-15-6-5-12-3-1-2-4-14(12)15/h1-4,7-9,11,15,17,23H,5-6,10H2,(H,19,24)/t15-,17-/m1/s1. The molecule has 0 unspecified atom stereocenters. The smallest absolute Gasteiger partial charge is 0.273 e. The van der Waals surface area contributed by atoms with Gasteiger partial charge in [0, 0.05) is 0 Å². The highest BCUT2D eigenvalue weighted by Gasteiger charge is 2.25. The molecule has 0 spiro atoms. The first-order valence-electron chi connectivity index (χ1n) is 8.19. The number of aliphatic hydroxyl groups is 1. The van der Waals surface area contributed by atoms with Crippen LogP contribution in [0.15, 0.2) is 47.3 Å². The molecule has 2 atom stereocenters. The van der Waals surface area contributed by atoms with E-state index in [-0.39, 0.29) is 24.2 Å². The Labute approximate surface area is 149 Å². The van der Waals surface area contributed by atoms with E-state index in [1.807, 2.05) is 29.0 Å². The van der Waals surface area contributed by atoms with Crippen molar-refractivity contribution in [2.24, 2.45) is 0 Å². The van der Waals surface area contributed by atoms with Crippen LogP contribution in [0.25, 0.3) is 0 Å². The van der Waals surface area contributed by atoms with Crippen molar-refractivity contribution >= 4 is 17.2 Å². The predicted molar refractivity (Wildman–Crippen MR) is 94.3 cm³/mol. The van der Waals surface area contributed by atoms with Gasteiger partial charge in [-0.3, -0.25) is 4.79 Å². The monoisotopic (exact) mass is 354 g/mol. The average molecular weight is 354 g/mol. The molecule has 7 heteroatoms. The first-order chi connectivity index (χ1) is 12.2. The van der Waals surface area contributed by atoms with Gasteiger partial charge in [0.1, 0.15) is 0 Å². The number of benzene rings is 1. The van der Waals surface area contributed by atoms with Crippen LogP contribution in [0, 0.1) is 0 Å². The summed E-state index contributed by atoms with van der Waals surface area (Å²) in [5, 5.41) is 24.9. The van der Waals surface area contributed by atoms with Crippen molar-refractivity contribution in [3.63, 3.8) is 0 Å². The molecule has 0 saturated heterocycles. The van der Waals surface area contributed by atoms with Crippen LogP contribution in [0.4, 0.5) is 0 Å². The number of rotatable bonds is 5. The number of carbonyl (C=O) groups is 1. The lowest BCUT2D eigenvalue weighted by Crippen LogP contribution is -2.27. The largest absolute Gasteiger partial charge is 0.386 e. The van der Waals surface area contributed by atoms with Crippen LogP contribution in [0.1, 0.15) is 45.7 Å². The van der Waals surface area contributed by atoms with E-state index < -0.39 is 6.10 Å². The summed E-state index contributed by atoms with van der Waals surface area (Å²) in [5.74, 6) is -0.238. The molecule has 6 nitrogen and oxygen atoms in total. The Morgan fingerprint density at radius 2 is 2.28 bits per heavy atom. The minimum Gasteiger partial charge on any atom is -0.386 e. The van der Waals surface area contributed by atoms with Gasteiger partial charge < -0.3 is 10.4 Å². The summed E-state index contributed by atoms with van der Waals surface area (Å²) in [7, 11) is 0. The van der Waals surface area contributed by atoms with Crippen LogP contribution in [0.3, 0.4) is 0 Å². The van der Waals surface area contributed by atoms with Crippen LogP contribution >= 0.6 is 11.3 Å². The number of aromatic nitrogens is 3. The van der Waals surface area contributed by atoms with Crippen molar-refractivity contribution in [3.05, 3.63) is 69.7 Å². The minimum atomic E-state index is -0.662. The molecule has 4 rings (SSSR count). The molecular formula is C18H18N4O2S. The Hall–Kier alpha value is -2.51. The third-order valence-corrected chi connectivity index (χ3v) is 5.20. The number of amides is 1. The van der Waals surface area contributed by atoms with E-state index in [9.17, 15) is 9.90 Å². The number of thiophene rings is 1. The second-order valence-electron chi connectivity index (χ2n) is 6.16. The molecular weight excluding hydrogens is 336 g/mol. The third kappa shape index (κ3) is 3.33. The molecule has 0 fully saturated rings. The first-order valence-corrected chi connectivity index (χ1v) is 9.14. The topological polar surface area (TPSA) is 80.0 Å². The fraction of sp³-hybridized carbons (Fsp3) is 0.278. The molecule has 2 aromatic heterocycles. The average Bonchev–Trinajstić information content (AvgIpc) is 3.36. The summed E-state index contributed by atoms with van der Waals surface area (Å²) in [5.41, 5.74) is 3.57. The van der Waals surface area contributed by atoms with Crippen molar-refractivity contribution in [1.82, 2.24) is 20.3 Å². The van der Waals surface area contributed by atoms with Crippen molar-refractivity contribution in [3.8, 4) is 0 Å². The van der Waals surface area contributed by atoms with Crippen molar-refractivity contribution in [2.45, 2.75) is 31.5 Å². The second-order valence-corrected chi connectivity index (χ2v) is 6.94. The fourth-order valence-corrected chi connectivity index (χ4v) is 3.89. The predicted octanol–water partition coefficient (Wildman–Crippen LogP) is 2.49. The number of aryl methyl sites for hydroxylation is 1. The van der Waals surface area contributed by atoms with Crippen LogP contribution in [0.5, 0.6) is 0 Å². The molecule has 2 N–H and O–H groups in total. The van der Waals surface area contributed by atoms with Gasteiger partial charge in [-0.25, -0.2) is 4.68 Å². The molecule has 0 bridgehead atoms. The third-order valence-electron chi connectivity index (χ3n) is 4.50. The van der Waals surface area contributed by atoms with E-state index in [1.54, 1.807) is 6.20 Å². The Morgan fingerprint density at radius 3 is 3.12 bits per heavy atom. The van der Waals surface area contributed by atoms with Crippen LogP contribution in [-0.4, -0.2) is 26.0 Å². The molecule has 0 aliphatic heterocycles. The minimum absolute atomic E-state index is 0.0187. The SMILES string of the molecule is O=C(N[C@@H]1CCc2ccccc21)c1cn(C[C@@H](O)c2ccsc2)nn1. The molecule has 0 radical (unpaired) electrons. The summed E-state index contributed by atoms with van der Waals surface area (Å²) < 4.78 is 1.50. The highest BCUT2D eigenvalue weighted by Crippen LogP contribution is 2.30. The summed E-state index contributed by atoms with van der Waals surface area (Å²) in [6.07, 6.45) is 2.79. The number of carbonyl (C=O) groups excluding carboxylic acids is 1. The molecule has 1 aromatic carbocycles. The zero-order valence-electron chi connectivity index (χ0n) is 13.5. The van der Waals surface area contributed by atoms with Gasteiger partial charge in [0.25, 0.3) is 5.91 Å². The Bertz CT molecular complexity index is 875. The van der Waals surface area contributed by atoms with E-state index in [1.165, 1.54) is 27.1 Å². The number of fused-ring (bicyclic) bond motifs is 1. The first kappa shape index (κ1) is 16.0. The van der Waals surface area contributed by atoms with Crippen molar-refractivity contribution < 1.29 is 9.90 Å². The maximum Gasteiger partial charge on any atom is 0.273 e. The maximum atomic E-state index is 12.5. The van der Waals surface area contributed by atoms with E-state index >= 15 is 0 Å². The Morgan fingerprint density at radius 1 is 1.40 bits per heavy atom. The molecule has 0 saturated carbocycles. The molecule has 1 aliphatic rings. The van der Waals surface area contributed by atoms with Crippen molar-refractivity contribution in [2.75, 3.05) is 0 Å². The van der Waals surface area contributed by atoms with Gasteiger partial charge in [0.2, 0.25) is 0 Å². The van der Waals surface area contributed by atoms with Crippen LogP contribution in [0.2, 0.25) is 0 Å². The number of nitrogens with one attached hydrogen (secondary N) is 1. The Balaban J connectivity index is 1.41. The summed E-state index contributed by atoms with van der Waals surface area (Å²) in [6, 6.07) is 10.1. The number of hydrogen-bond acceptors (Lipinski definition) is 5. The van der Waals surface area contributed by atoms with Gasteiger partial charge in [-0.05, 0) is 46.4 Å². The molecule has 128 valence electrons. The number of hydrogen-bond donors (Lipinski definition) is 2. The summed E-state index contributed by atoms with van der Waals surface area (Å²) in [4.78, 5) is 12.5. The summed E-state index contributed by atoms with van der Waals surface area (Å²) >= 11 is 1.53. The van der Waals surface area contributed by atoms with Gasteiger partial charge >= 0.3 is 0 Å². The quantitative estimate of drug-likeness (QED) is 0.738. The summed E-state index contributed by atoms with van der Waals surface area (Å²) in [6.45, 7) is 0.267. The molecule has 2 heterocycles. The van der Waals surface area contributed by atoms with Gasteiger partial charge in [-0.2, -0.15) is 11.3 Å². The lowest BCUT2D eigenvalue weighted by Gasteiger charge is -2.12. The molecule has 1 amide bonds. The van der Waals surface area contributed by atoms with E-state index in [0.29, 0.717) is 0 Å². The second kappa shape index (κ2) is 6.78. The lowest BCUT2D eigenvalue weighted by molar-refractivity contribution is 0.0931. The van der Waals surface area contributed by atoms with Gasteiger partial charge in [-0.1, -0.05) is 29.5 Å². The zero-order valence-corrected chi connectivity index (χ0v) is 14.3. The van der Waals surface area contributed by atoms with Crippen LogP contribution < -0.4 is 5.32 Å². The number of aliphatic hydroxyl groups excluding tert-OH is 1. The molecule has 1 aliphatic carbocycles. The van der Waals surface area contributed by atoms with E-state index in [0.717, 1.165) is 18.4 Å². The van der Waals surface area contributed by atoms with E-state index in [4.69, 9.17) is 0 Å². The maximum absolute atomic E-state index is 12.5. The normalized spacial score (nSPS) is 17.2. The highest BCUT2D eigenvalue weighted by atomic mass is 32.1. The molecule has 3 aromatic rings. The molecule has 25 heavy (non-hydrogen) atoms. The van der Waals surface area contributed by atoms with Gasteiger partial charge in [0.15, 0.2) is 5.69 Å². The fourth-order valence-electron chi connectivity index (χ4n) is 3.18. The van der Waals surface area contributed by atoms with Gasteiger partial charge in [-0.15, -0.1) is 5.10 Å². The van der Waals surface area contributed by atoms with E-state index in [2.05, 4.69) is 27.8 Å². The van der Waals surface area contributed by atoms with Crippen molar-refractivity contribution in [1.29, 1.82) is 0 Å². The highest BCUT2D eigenvalue weighted by molar-refractivity contribution is 7.07. The van der Waals surface area contributed by atoms with Gasteiger partial charge in [0.05, 0.1) is 24.9 Å². The van der Waals surface area contributed by atoms with Crippen LogP contribution in [-0.2, 0) is 13.0 Å². The Kier molecular flexibility index (Phi) is 4.33.